The molecule has 188 valence electrons. The molecular formula is C17H27F6N3O5S. The van der Waals surface area contributed by atoms with E-state index in [-0.39, 0.29) is 19.4 Å². The summed E-state index contributed by atoms with van der Waals surface area (Å²) in [6.45, 7) is 5.14. The molecule has 1 aliphatic heterocycles. The molecular weight excluding hydrogens is 472 g/mol. The third kappa shape index (κ3) is 6.70. The Balaban J connectivity index is 3.10. The van der Waals surface area contributed by atoms with Crippen molar-refractivity contribution in [3.8, 4) is 0 Å². The third-order valence-electron chi connectivity index (χ3n) is 5.06. The molecule has 0 spiro atoms. The summed E-state index contributed by atoms with van der Waals surface area (Å²) in [4.78, 5) is 26.3. The lowest BCUT2D eigenvalue weighted by molar-refractivity contribution is -0.215. The Morgan fingerprint density at radius 1 is 1.03 bits per heavy atom. The van der Waals surface area contributed by atoms with Gasteiger partial charge in [-0.3, -0.25) is 9.59 Å². The molecule has 8 nitrogen and oxygen atoms in total. The molecule has 1 aliphatic rings. The van der Waals surface area contributed by atoms with E-state index in [0.717, 1.165) is 4.90 Å². The first-order valence-electron chi connectivity index (χ1n) is 9.75. The summed E-state index contributed by atoms with van der Waals surface area (Å²) in [6.07, 6.45) is -7.68. The fourth-order valence-electron chi connectivity index (χ4n) is 3.26. The Kier molecular flexibility index (Phi) is 8.99. The molecule has 4 atom stereocenters. The standard InChI is InChI=1S/C17H27F6N3O5S/c1-8(2)11(13(27)16(18,19)20)24-14(28)10-6-5-7-26(10)15(29)12(9(3)4)25-32(30,31)17(21,22)23/h8-13,25,27H,5-7H2,1-4H3,(H,24,28)/t10-,11?,12-,13?/m0/s1. The van der Waals surface area contributed by atoms with Crippen molar-refractivity contribution in [2.45, 2.75) is 76.5 Å². The molecule has 0 saturated carbocycles. The van der Waals surface area contributed by atoms with Gasteiger partial charge in [-0.25, -0.2) is 8.42 Å². The molecule has 2 amide bonds. The number of carbonyl (C=O) groups excluding carboxylic acids is 2. The number of carbonyl (C=O) groups is 2. The van der Waals surface area contributed by atoms with Crippen LogP contribution in [-0.4, -0.2) is 72.7 Å². The van der Waals surface area contributed by atoms with Crippen LogP contribution < -0.4 is 10.0 Å². The number of halogens is 6. The van der Waals surface area contributed by atoms with Crippen molar-refractivity contribution in [2.24, 2.45) is 11.8 Å². The molecule has 1 heterocycles. The van der Waals surface area contributed by atoms with Gasteiger partial charge >= 0.3 is 21.7 Å². The van der Waals surface area contributed by atoms with Gasteiger partial charge in [-0.1, -0.05) is 27.7 Å². The fraction of sp³-hybridized carbons (Fsp3) is 0.882. The lowest BCUT2D eigenvalue weighted by Gasteiger charge is -2.33. The van der Waals surface area contributed by atoms with E-state index < -0.39 is 69.6 Å². The van der Waals surface area contributed by atoms with Gasteiger partial charge in [0.15, 0.2) is 6.10 Å². The predicted molar refractivity (Wildman–Crippen MR) is 100 cm³/mol. The van der Waals surface area contributed by atoms with E-state index >= 15 is 0 Å². The summed E-state index contributed by atoms with van der Waals surface area (Å²) in [6, 6.07) is -4.91. The molecule has 2 unspecified atom stereocenters. The number of likely N-dealkylation sites (tertiary alicyclic amines) is 1. The Morgan fingerprint density at radius 3 is 1.97 bits per heavy atom. The van der Waals surface area contributed by atoms with Crippen LogP contribution in [0.3, 0.4) is 0 Å². The molecule has 0 radical (unpaired) electrons. The number of amides is 2. The molecule has 0 bridgehead atoms. The number of hydrogen-bond donors (Lipinski definition) is 3. The molecule has 0 aliphatic carbocycles. The molecule has 1 rings (SSSR count). The van der Waals surface area contributed by atoms with E-state index in [1.807, 2.05) is 0 Å². The van der Waals surface area contributed by atoms with E-state index in [2.05, 4.69) is 5.32 Å². The van der Waals surface area contributed by atoms with E-state index in [9.17, 15) is 49.5 Å². The maximum atomic E-state index is 12.9. The topological polar surface area (TPSA) is 116 Å². The maximum absolute atomic E-state index is 12.9. The SMILES string of the molecule is CC(C)C(NC(=O)[C@@H]1CCCN1C(=O)[C@@H](NS(=O)(=O)C(F)(F)F)C(C)C)C(O)C(F)(F)F. The van der Waals surface area contributed by atoms with E-state index in [1.165, 1.54) is 32.4 Å². The lowest BCUT2D eigenvalue weighted by atomic mass is 9.97. The number of nitrogens with zero attached hydrogens (tertiary/aromatic N) is 1. The Bertz CT molecular complexity index is 785. The monoisotopic (exact) mass is 499 g/mol. The van der Waals surface area contributed by atoms with Crippen molar-refractivity contribution in [1.29, 1.82) is 0 Å². The Labute approximate surface area is 181 Å². The van der Waals surface area contributed by atoms with E-state index in [4.69, 9.17) is 0 Å². The third-order valence-corrected chi connectivity index (χ3v) is 6.23. The minimum absolute atomic E-state index is 0.00133. The van der Waals surface area contributed by atoms with Crippen LogP contribution >= 0.6 is 0 Å². The van der Waals surface area contributed by atoms with Gasteiger partial charge in [0.25, 0.3) is 0 Å². The lowest BCUT2D eigenvalue weighted by Crippen LogP contribution is -2.59. The Hall–Kier alpha value is -1.61. The van der Waals surface area contributed by atoms with Gasteiger partial charge in [-0.15, -0.1) is 0 Å². The summed E-state index contributed by atoms with van der Waals surface area (Å²) in [7, 11) is -5.87. The van der Waals surface area contributed by atoms with Crippen molar-refractivity contribution in [3.63, 3.8) is 0 Å². The maximum Gasteiger partial charge on any atom is 0.511 e. The first-order chi connectivity index (χ1) is 14.3. The number of aliphatic hydroxyl groups excluding tert-OH is 1. The highest BCUT2D eigenvalue weighted by atomic mass is 32.2. The summed E-state index contributed by atoms with van der Waals surface area (Å²) in [5, 5.41) is 11.6. The predicted octanol–water partition coefficient (Wildman–Crippen LogP) is 1.51. The van der Waals surface area contributed by atoms with Gasteiger partial charge in [-0.05, 0) is 24.7 Å². The summed E-state index contributed by atoms with van der Waals surface area (Å²) in [5.41, 5.74) is -5.67. The van der Waals surface area contributed by atoms with Gasteiger partial charge in [0, 0.05) is 6.54 Å². The smallest absolute Gasteiger partial charge is 0.382 e. The van der Waals surface area contributed by atoms with Crippen LogP contribution in [0.1, 0.15) is 40.5 Å². The Morgan fingerprint density at radius 2 is 1.56 bits per heavy atom. The first kappa shape index (κ1) is 28.4. The van der Waals surface area contributed by atoms with Crippen molar-refractivity contribution in [3.05, 3.63) is 0 Å². The van der Waals surface area contributed by atoms with Crippen LogP contribution in [0, 0.1) is 11.8 Å². The highest BCUT2D eigenvalue weighted by Gasteiger charge is 2.50. The zero-order chi connectivity index (χ0) is 25.2. The molecule has 1 fully saturated rings. The van der Waals surface area contributed by atoms with Crippen LogP contribution in [-0.2, 0) is 19.6 Å². The molecule has 0 aromatic rings. The van der Waals surface area contributed by atoms with Gasteiger partial charge < -0.3 is 15.3 Å². The van der Waals surface area contributed by atoms with Crippen molar-refractivity contribution < 1.29 is 49.5 Å². The average Bonchev–Trinajstić information content (AvgIpc) is 3.10. The number of aliphatic hydroxyl groups is 1. The second kappa shape index (κ2) is 10.1. The number of sulfonamides is 1. The fourth-order valence-corrected chi connectivity index (χ4v) is 4.10. The second-order valence-electron chi connectivity index (χ2n) is 8.24. The van der Waals surface area contributed by atoms with Crippen molar-refractivity contribution >= 4 is 21.8 Å². The van der Waals surface area contributed by atoms with Crippen molar-refractivity contribution in [1.82, 2.24) is 14.9 Å². The van der Waals surface area contributed by atoms with Gasteiger partial charge in [0.2, 0.25) is 11.8 Å². The molecule has 1 saturated heterocycles. The largest absolute Gasteiger partial charge is 0.511 e. The van der Waals surface area contributed by atoms with Crippen LogP contribution in [0.25, 0.3) is 0 Å². The number of alkyl halides is 6. The normalized spacial score (nSPS) is 21.0. The van der Waals surface area contributed by atoms with Gasteiger partial charge in [0.05, 0.1) is 6.04 Å². The molecule has 15 heteroatoms. The summed E-state index contributed by atoms with van der Waals surface area (Å²) < 4.78 is 101. The first-order valence-corrected chi connectivity index (χ1v) is 11.2. The quantitative estimate of drug-likeness (QED) is 0.438. The van der Waals surface area contributed by atoms with Crippen molar-refractivity contribution in [2.75, 3.05) is 6.54 Å². The number of nitrogens with one attached hydrogen (secondary N) is 2. The molecule has 3 N–H and O–H groups in total. The second-order valence-corrected chi connectivity index (χ2v) is 9.95. The van der Waals surface area contributed by atoms with Crippen LogP contribution in [0.15, 0.2) is 0 Å². The van der Waals surface area contributed by atoms with E-state index in [1.54, 1.807) is 0 Å². The number of hydrogen-bond acceptors (Lipinski definition) is 5. The molecule has 32 heavy (non-hydrogen) atoms. The highest BCUT2D eigenvalue weighted by molar-refractivity contribution is 7.90. The molecule has 0 aromatic heterocycles. The zero-order valence-corrected chi connectivity index (χ0v) is 18.6. The van der Waals surface area contributed by atoms with E-state index in [0.29, 0.717) is 0 Å². The highest BCUT2D eigenvalue weighted by Crippen LogP contribution is 2.28. The van der Waals surface area contributed by atoms with Crippen LogP contribution in [0.5, 0.6) is 0 Å². The van der Waals surface area contributed by atoms with Crippen LogP contribution in [0.4, 0.5) is 26.3 Å². The van der Waals surface area contributed by atoms with Gasteiger partial charge in [0.1, 0.15) is 12.1 Å². The number of rotatable bonds is 8. The summed E-state index contributed by atoms with van der Waals surface area (Å²) in [5.74, 6) is -3.91. The summed E-state index contributed by atoms with van der Waals surface area (Å²) >= 11 is 0. The zero-order valence-electron chi connectivity index (χ0n) is 17.8. The van der Waals surface area contributed by atoms with Crippen LogP contribution in [0.2, 0.25) is 0 Å². The minimum Gasteiger partial charge on any atom is -0.382 e. The minimum atomic E-state index is -5.87. The van der Waals surface area contributed by atoms with Gasteiger partial charge in [-0.2, -0.15) is 31.1 Å². The average molecular weight is 499 g/mol. The molecule has 0 aromatic carbocycles.